The molecular weight excluding hydrogens is 256 g/mol. The molecule has 2 atom stereocenters. The molecule has 0 amide bonds. The van der Waals surface area contributed by atoms with Crippen LogP contribution in [0.3, 0.4) is 0 Å². The number of aryl methyl sites for hydroxylation is 1. The van der Waals surface area contributed by atoms with Crippen molar-refractivity contribution < 1.29 is 0 Å². The first-order valence-electron chi connectivity index (χ1n) is 6.61. The summed E-state index contributed by atoms with van der Waals surface area (Å²) in [6.45, 7) is 9.81. The summed E-state index contributed by atoms with van der Waals surface area (Å²) in [5.41, 5.74) is 8.57. The highest BCUT2D eigenvalue weighted by Gasteiger charge is 2.39. The molecule has 0 saturated heterocycles. The van der Waals surface area contributed by atoms with Gasteiger partial charge in [0.05, 0.1) is 5.84 Å². The molecule has 2 rings (SSSR count). The lowest BCUT2D eigenvalue weighted by Crippen LogP contribution is -2.00. The van der Waals surface area contributed by atoms with E-state index in [-0.39, 0.29) is 5.84 Å². The van der Waals surface area contributed by atoms with Crippen LogP contribution in [0.2, 0.25) is 5.02 Å². The van der Waals surface area contributed by atoms with Crippen molar-refractivity contribution in [1.29, 1.82) is 5.41 Å². The van der Waals surface area contributed by atoms with Gasteiger partial charge in [0.15, 0.2) is 0 Å². The maximum Gasteiger partial charge on any atom is 0.0873 e. The zero-order chi connectivity index (χ0) is 14.6. The Bertz CT molecular complexity index is 476. The number of amidine groups is 1. The largest absolute Gasteiger partial charge is 0.388 e. The second-order valence-corrected chi connectivity index (χ2v) is 5.53. The van der Waals surface area contributed by atoms with Gasteiger partial charge >= 0.3 is 0 Å². The fourth-order valence-electron chi connectivity index (χ4n) is 2.24. The van der Waals surface area contributed by atoms with Gasteiger partial charge in [-0.2, -0.15) is 0 Å². The van der Waals surface area contributed by atoms with Crippen molar-refractivity contribution in [3.8, 4) is 0 Å². The number of hydrogen-bond acceptors (Lipinski definition) is 1. The molecule has 2 nitrogen and oxygen atoms in total. The number of hydrogen-bond donors (Lipinski definition) is 2. The average molecular weight is 279 g/mol. The first-order chi connectivity index (χ1) is 8.88. The molecule has 1 saturated carbocycles. The lowest BCUT2D eigenvalue weighted by molar-refractivity contribution is 0.940. The van der Waals surface area contributed by atoms with Crippen LogP contribution in [0.1, 0.15) is 44.2 Å². The zero-order valence-corrected chi connectivity index (χ0v) is 12.7. The molecule has 3 heteroatoms. The van der Waals surface area contributed by atoms with Crippen LogP contribution in [0.15, 0.2) is 30.4 Å². The Balaban J connectivity index is 0.000000399. The summed E-state index contributed by atoms with van der Waals surface area (Å²) in [5.74, 6) is 1.45. The van der Waals surface area contributed by atoms with Crippen LogP contribution in [0.25, 0.3) is 0 Å². The summed E-state index contributed by atoms with van der Waals surface area (Å²) >= 11 is 6.38. The van der Waals surface area contributed by atoms with Crippen LogP contribution < -0.4 is 5.73 Å². The molecule has 1 aromatic carbocycles. The lowest BCUT2D eigenvalue weighted by Gasteiger charge is -2.07. The third-order valence-electron chi connectivity index (χ3n) is 3.31. The van der Waals surface area contributed by atoms with Crippen LogP contribution >= 0.6 is 11.6 Å². The third-order valence-corrected chi connectivity index (χ3v) is 3.77. The number of nitrogens with two attached hydrogens (primary N) is 1. The Morgan fingerprint density at radius 1 is 1.47 bits per heavy atom. The van der Waals surface area contributed by atoms with Gasteiger partial charge in [-0.05, 0) is 49.7 Å². The van der Waals surface area contributed by atoms with Crippen LogP contribution in [-0.2, 0) is 6.42 Å². The Hall–Kier alpha value is -1.28. The molecule has 1 aliphatic rings. The summed E-state index contributed by atoms with van der Waals surface area (Å²) in [7, 11) is 0. The van der Waals surface area contributed by atoms with Gasteiger partial charge in [0.1, 0.15) is 0 Å². The average Bonchev–Trinajstić information content (AvgIpc) is 3.08. The van der Waals surface area contributed by atoms with E-state index in [0.717, 1.165) is 11.4 Å². The highest BCUT2D eigenvalue weighted by atomic mass is 35.5. The standard InChI is InChI=1S/C14H17Cl.C2H6N2/c1-4-10-6-5-7-11(14(10)15)13-8-12(13)9(2)3;1-2(3)4/h5-7,12-13H,2,4,8H2,1,3H3;1H3,(H3,3,4). The molecular formula is C16H23ClN2. The van der Waals surface area contributed by atoms with Gasteiger partial charge in [0, 0.05) is 5.02 Å². The maximum atomic E-state index is 6.38. The van der Waals surface area contributed by atoms with Gasteiger partial charge in [0.2, 0.25) is 0 Å². The number of benzene rings is 1. The maximum absolute atomic E-state index is 6.38. The smallest absolute Gasteiger partial charge is 0.0873 e. The van der Waals surface area contributed by atoms with E-state index >= 15 is 0 Å². The Morgan fingerprint density at radius 2 is 2.05 bits per heavy atom. The van der Waals surface area contributed by atoms with Gasteiger partial charge in [-0.3, -0.25) is 5.41 Å². The van der Waals surface area contributed by atoms with Crippen LogP contribution in [0.4, 0.5) is 0 Å². The Kier molecular flexibility index (Phi) is 5.61. The molecule has 1 fully saturated rings. The van der Waals surface area contributed by atoms with E-state index in [4.69, 9.17) is 22.7 Å². The number of nitrogens with one attached hydrogen (secondary N) is 1. The second-order valence-electron chi connectivity index (χ2n) is 5.15. The molecule has 0 aliphatic heterocycles. The second kappa shape index (κ2) is 6.76. The summed E-state index contributed by atoms with van der Waals surface area (Å²) in [5, 5.41) is 7.26. The zero-order valence-electron chi connectivity index (χ0n) is 12.0. The first kappa shape index (κ1) is 15.8. The quantitative estimate of drug-likeness (QED) is 0.476. The topological polar surface area (TPSA) is 49.9 Å². The van der Waals surface area contributed by atoms with E-state index in [0.29, 0.717) is 11.8 Å². The van der Waals surface area contributed by atoms with E-state index in [1.54, 1.807) is 0 Å². The van der Waals surface area contributed by atoms with Gasteiger partial charge in [0.25, 0.3) is 0 Å². The molecule has 3 N–H and O–H groups in total. The summed E-state index contributed by atoms with van der Waals surface area (Å²) in [6.07, 6.45) is 2.24. The van der Waals surface area contributed by atoms with E-state index in [1.807, 2.05) is 0 Å². The summed E-state index contributed by atoms with van der Waals surface area (Å²) in [4.78, 5) is 0. The highest BCUT2D eigenvalue weighted by molar-refractivity contribution is 6.32. The Labute approximate surface area is 121 Å². The number of rotatable bonds is 3. The Morgan fingerprint density at radius 3 is 2.47 bits per heavy atom. The van der Waals surface area contributed by atoms with E-state index in [2.05, 4.69) is 38.6 Å². The molecule has 104 valence electrons. The predicted octanol–water partition coefficient (Wildman–Crippen LogP) is 4.52. The SMILES string of the molecule is C=C(C)C1CC1c1cccc(CC)c1Cl.CC(=N)N. The molecule has 0 radical (unpaired) electrons. The van der Waals surface area contributed by atoms with Crippen molar-refractivity contribution in [2.45, 2.75) is 39.5 Å². The monoisotopic (exact) mass is 278 g/mol. The van der Waals surface area contributed by atoms with Crippen molar-refractivity contribution in [1.82, 2.24) is 0 Å². The molecule has 0 spiro atoms. The number of halogens is 1. The molecule has 1 aliphatic carbocycles. The highest BCUT2D eigenvalue weighted by Crippen LogP contribution is 2.53. The van der Waals surface area contributed by atoms with E-state index < -0.39 is 0 Å². The van der Waals surface area contributed by atoms with Crippen LogP contribution in [0, 0.1) is 11.3 Å². The fourth-order valence-corrected chi connectivity index (χ4v) is 2.64. The fraction of sp³-hybridized carbons (Fsp3) is 0.438. The van der Waals surface area contributed by atoms with Crippen molar-refractivity contribution in [2.24, 2.45) is 11.7 Å². The van der Waals surface area contributed by atoms with Gasteiger partial charge in [-0.1, -0.05) is 48.9 Å². The van der Waals surface area contributed by atoms with Gasteiger partial charge < -0.3 is 5.73 Å². The van der Waals surface area contributed by atoms with E-state index in [9.17, 15) is 0 Å². The van der Waals surface area contributed by atoms with E-state index in [1.165, 1.54) is 30.0 Å². The minimum Gasteiger partial charge on any atom is -0.388 e. The van der Waals surface area contributed by atoms with Crippen LogP contribution in [-0.4, -0.2) is 5.84 Å². The lowest BCUT2D eigenvalue weighted by atomic mass is 10.0. The molecule has 19 heavy (non-hydrogen) atoms. The summed E-state index contributed by atoms with van der Waals surface area (Å²) < 4.78 is 0. The minimum atomic E-state index is 0.167. The third kappa shape index (κ3) is 4.39. The predicted molar refractivity (Wildman–Crippen MR) is 84.1 cm³/mol. The molecule has 2 unspecified atom stereocenters. The molecule has 0 bridgehead atoms. The van der Waals surface area contributed by atoms with Crippen molar-refractivity contribution in [3.63, 3.8) is 0 Å². The number of allylic oxidation sites excluding steroid dienone is 1. The van der Waals surface area contributed by atoms with Crippen molar-refractivity contribution in [2.75, 3.05) is 0 Å². The van der Waals surface area contributed by atoms with Gasteiger partial charge in [-0.25, -0.2) is 0 Å². The van der Waals surface area contributed by atoms with Crippen LogP contribution in [0.5, 0.6) is 0 Å². The normalized spacial score (nSPS) is 20.2. The summed E-state index contributed by atoms with van der Waals surface area (Å²) in [6, 6.07) is 6.40. The van der Waals surface area contributed by atoms with Crippen molar-refractivity contribution >= 4 is 17.4 Å². The van der Waals surface area contributed by atoms with Gasteiger partial charge in [-0.15, -0.1) is 0 Å². The minimum absolute atomic E-state index is 0.167. The van der Waals surface area contributed by atoms with Crippen molar-refractivity contribution in [3.05, 3.63) is 46.5 Å². The molecule has 1 aromatic rings. The first-order valence-corrected chi connectivity index (χ1v) is 6.99. The molecule has 0 aromatic heterocycles. The molecule has 0 heterocycles.